The number of hydrogen-bond acceptors (Lipinski definition) is 15. The molecule has 62 heavy (non-hydrogen) atoms. The lowest BCUT2D eigenvalue weighted by atomic mass is 9.98. The van der Waals surface area contributed by atoms with Crippen LogP contribution in [0.1, 0.15) is 142 Å². The van der Waals surface area contributed by atoms with Crippen LogP contribution in [-0.4, -0.2) is 142 Å². The van der Waals surface area contributed by atoms with Crippen LogP contribution in [0.3, 0.4) is 0 Å². The minimum atomic E-state index is -1.77. The minimum absolute atomic E-state index is 0.149. The maximum Gasteiger partial charge on any atom is 0.306 e. The fourth-order valence-electron chi connectivity index (χ4n) is 6.92. The summed E-state index contributed by atoms with van der Waals surface area (Å²) in [5.74, 6) is -0.962. The summed E-state index contributed by atoms with van der Waals surface area (Å²) in [4.78, 5) is 25.6. The van der Waals surface area contributed by atoms with Gasteiger partial charge in [-0.1, -0.05) is 114 Å². The Hall–Kier alpha value is -2.54. The first kappa shape index (κ1) is 55.6. The summed E-state index contributed by atoms with van der Waals surface area (Å²) in [6.45, 7) is 2.38. The number of ether oxygens (including phenoxy) is 6. The molecule has 2 aliphatic heterocycles. The van der Waals surface area contributed by atoms with Crippen molar-refractivity contribution >= 4 is 11.9 Å². The highest BCUT2D eigenvalue weighted by atomic mass is 16.7. The van der Waals surface area contributed by atoms with Crippen LogP contribution in [0.5, 0.6) is 0 Å². The lowest BCUT2D eigenvalue weighted by molar-refractivity contribution is -0.332. The lowest BCUT2D eigenvalue weighted by Crippen LogP contribution is -2.61. The zero-order valence-corrected chi connectivity index (χ0v) is 37.3. The van der Waals surface area contributed by atoms with Crippen molar-refractivity contribution in [1.29, 1.82) is 0 Å². The molecule has 0 aromatic carbocycles. The molecule has 0 aromatic heterocycles. The third-order valence-corrected chi connectivity index (χ3v) is 10.8. The summed E-state index contributed by atoms with van der Waals surface area (Å²) in [5.41, 5.74) is 0. The van der Waals surface area contributed by atoms with Crippen LogP contribution in [0.15, 0.2) is 48.6 Å². The molecule has 2 aliphatic rings. The highest BCUT2D eigenvalue weighted by molar-refractivity contribution is 5.70. The normalized spacial score (nSPS) is 27.5. The van der Waals surface area contributed by atoms with E-state index in [2.05, 4.69) is 62.5 Å². The monoisotopic (exact) mass is 885 g/mol. The molecule has 7 N–H and O–H groups in total. The highest BCUT2D eigenvalue weighted by Gasteiger charge is 2.47. The summed E-state index contributed by atoms with van der Waals surface area (Å²) < 4.78 is 33.4. The number of hydrogen-bond donors (Lipinski definition) is 7. The molecule has 2 rings (SSSR count). The number of aliphatic hydroxyl groups excluding tert-OH is 7. The second-order valence-corrected chi connectivity index (χ2v) is 16.2. The van der Waals surface area contributed by atoms with E-state index >= 15 is 0 Å². The van der Waals surface area contributed by atoms with Crippen molar-refractivity contribution in [3.05, 3.63) is 48.6 Å². The molecule has 0 saturated carbocycles. The van der Waals surface area contributed by atoms with E-state index in [-0.39, 0.29) is 19.4 Å². The molecule has 0 aromatic rings. The summed E-state index contributed by atoms with van der Waals surface area (Å²) in [7, 11) is 0. The molecule has 0 radical (unpaired) electrons. The molecule has 0 aliphatic carbocycles. The molecule has 2 saturated heterocycles. The molecule has 15 heteroatoms. The zero-order chi connectivity index (χ0) is 45.4. The Labute approximate surface area is 369 Å². The Morgan fingerprint density at radius 2 is 1.02 bits per heavy atom. The van der Waals surface area contributed by atoms with Crippen molar-refractivity contribution in [1.82, 2.24) is 0 Å². The number of rotatable bonds is 34. The van der Waals surface area contributed by atoms with E-state index in [1.54, 1.807) is 0 Å². The topological polar surface area (TPSA) is 231 Å². The number of carbonyl (C=O) groups excluding carboxylic acids is 2. The molecule has 15 nitrogen and oxygen atoms in total. The van der Waals surface area contributed by atoms with Crippen LogP contribution in [0.25, 0.3) is 0 Å². The Bertz CT molecular complexity index is 1270. The summed E-state index contributed by atoms with van der Waals surface area (Å²) in [6.07, 6.45) is 18.7. The summed E-state index contributed by atoms with van der Waals surface area (Å²) in [6, 6.07) is 0. The number of unbranched alkanes of at least 4 members (excludes halogenated alkanes) is 12. The highest BCUT2D eigenvalue weighted by Crippen LogP contribution is 2.26. The van der Waals surface area contributed by atoms with E-state index in [1.807, 2.05) is 0 Å². The zero-order valence-electron chi connectivity index (χ0n) is 37.3. The second kappa shape index (κ2) is 34.8. The molecule has 2 heterocycles. The standard InChI is InChI=1S/C47H80O15/c1-3-5-7-9-11-13-15-16-17-18-20-21-23-25-27-29-38(49)57-32-35(60-39(50)30-28-26-24-22-19-14-12-10-8-6-4-2)33-58-46-45(56)43(54)41(52)37(62-46)34-59-47-44(55)42(53)40(51)36(31-48)61-47/h5,7,10-13,16-17,35-37,40-48,51-56H,3-4,6,8-9,14-15,18-34H2,1-2H3/b7-5+,12-10+,13-11+,17-16+/t35-,36-,37-,40+,41+,42?,43?,44?,45?,46-,47-/m1/s1. The predicted octanol–water partition coefficient (Wildman–Crippen LogP) is 5.15. The molecule has 0 bridgehead atoms. The van der Waals surface area contributed by atoms with Gasteiger partial charge in [-0.15, -0.1) is 0 Å². The van der Waals surface area contributed by atoms with Crippen LogP contribution < -0.4 is 0 Å². The Kier molecular flexibility index (Phi) is 31.2. The quantitative estimate of drug-likeness (QED) is 0.0252. The molecule has 358 valence electrons. The lowest BCUT2D eigenvalue weighted by Gasteiger charge is -2.42. The minimum Gasteiger partial charge on any atom is -0.462 e. The molecule has 2 fully saturated rings. The van der Waals surface area contributed by atoms with Crippen LogP contribution in [0.4, 0.5) is 0 Å². The molecule has 0 spiro atoms. The summed E-state index contributed by atoms with van der Waals surface area (Å²) >= 11 is 0. The number of allylic oxidation sites excluding steroid dienone is 8. The number of aliphatic hydroxyl groups is 7. The van der Waals surface area contributed by atoms with Gasteiger partial charge in [0.1, 0.15) is 55.4 Å². The maximum absolute atomic E-state index is 12.9. The molecule has 4 unspecified atom stereocenters. The van der Waals surface area contributed by atoms with Crippen molar-refractivity contribution in [3.63, 3.8) is 0 Å². The predicted molar refractivity (Wildman–Crippen MR) is 233 cm³/mol. The van der Waals surface area contributed by atoms with Gasteiger partial charge in [0.2, 0.25) is 0 Å². The van der Waals surface area contributed by atoms with Gasteiger partial charge < -0.3 is 64.2 Å². The van der Waals surface area contributed by atoms with Gasteiger partial charge in [-0.25, -0.2) is 0 Å². The first-order chi connectivity index (χ1) is 30.0. The van der Waals surface area contributed by atoms with Gasteiger partial charge >= 0.3 is 11.9 Å². The van der Waals surface area contributed by atoms with Crippen molar-refractivity contribution in [2.45, 2.75) is 210 Å². The van der Waals surface area contributed by atoms with Crippen LogP contribution in [-0.2, 0) is 38.0 Å². The van der Waals surface area contributed by atoms with E-state index in [0.29, 0.717) is 12.8 Å². The molecular weight excluding hydrogens is 805 g/mol. The van der Waals surface area contributed by atoms with Gasteiger partial charge in [0, 0.05) is 12.8 Å². The largest absolute Gasteiger partial charge is 0.462 e. The van der Waals surface area contributed by atoms with Gasteiger partial charge in [0.05, 0.1) is 19.8 Å². The van der Waals surface area contributed by atoms with Crippen molar-refractivity contribution in [2.24, 2.45) is 0 Å². The van der Waals surface area contributed by atoms with E-state index in [1.165, 1.54) is 12.8 Å². The van der Waals surface area contributed by atoms with Crippen molar-refractivity contribution < 1.29 is 73.8 Å². The first-order valence-corrected chi connectivity index (χ1v) is 23.2. The fourth-order valence-corrected chi connectivity index (χ4v) is 6.92. The van der Waals surface area contributed by atoms with E-state index in [9.17, 15) is 45.3 Å². The smallest absolute Gasteiger partial charge is 0.306 e. The van der Waals surface area contributed by atoms with Crippen LogP contribution in [0, 0.1) is 0 Å². The van der Waals surface area contributed by atoms with E-state index in [0.717, 1.165) is 89.9 Å². The molecular formula is C47H80O15. The van der Waals surface area contributed by atoms with Gasteiger partial charge in [-0.2, -0.15) is 0 Å². The van der Waals surface area contributed by atoms with E-state index in [4.69, 9.17) is 28.4 Å². The van der Waals surface area contributed by atoms with Crippen LogP contribution >= 0.6 is 0 Å². The van der Waals surface area contributed by atoms with Gasteiger partial charge in [-0.3, -0.25) is 9.59 Å². The third-order valence-electron chi connectivity index (χ3n) is 10.8. The maximum atomic E-state index is 12.9. The van der Waals surface area contributed by atoms with Gasteiger partial charge in [0.25, 0.3) is 0 Å². The Morgan fingerprint density at radius 1 is 0.532 bits per heavy atom. The van der Waals surface area contributed by atoms with Gasteiger partial charge in [-0.05, 0) is 64.2 Å². The van der Waals surface area contributed by atoms with Crippen molar-refractivity contribution in [3.8, 4) is 0 Å². The number of carbonyl (C=O) groups is 2. The second-order valence-electron chi connectivity index (χ2n) is 16.2. The number of esters is 2. The van der Waals surface area contributed by atoms with Crippen LogP contribution in [0.2, 0.25) is 0 Å². The Morgan fingerprint density at radius 3 is 1.61 bits per heavy atom. The molecule has 0 amide bonds. The average molecular weight is 885 g/mol. The molecule has 11 atom stereocenters. The van der Waals surface area contributed by atoms with E-state index < -0.39 is 99.3 Å². The fraction of sp³-hybridized carbons (Fsp3) is 0.787. The third kappa shape index (κ3) is 23.4. The Balaban J connectivity index is 1.85. The van der Waals surface area contributed by atoms with Crippen molar-refractivity contribution in [2.75, 3.05) is 26.4 Å². The SMILES string of the molecule is CC/C=C/C/C=C/C/C=C/CCCCCCCC(=O)OC[C@H](CO[C@@H]1O[C@H](CO[C@@H]2O[C@H](CO)[C@H](O)C(O)C2O)[C@H](O)C(O)C1O)OC(=O)CCCCCCC/C=C/CCCC. The average Bonchev–Trinajstić information content (AvgIpc) is 3.26. The first-order valence-electron chi connectivity index (χ1n) is 23.2. The summed E-state index contributed by atoms with van der Waals surface area (Å²) in [5, 5.41) is 71.9. The van der Waals surface area contributed by atoms with Gasteiger partial charge in [0.15, 0.2) is 18.7 Å².